The molecule has 0 spiro atoms. The molecule has 0 aromatic heterocycles. The molecule has 0 heterocycles. The third-order valence-electron chi connectivity index (χ3n) is 1.76. The van der Waals surface area contributed by atoms with Crippen molar-refractivity contribution in [1.29, 1.82) is 0 Å². The monoisotopic (exact) mass is 216 g/mol. The van der Waals surface area contributed by atoms with Crippen molar-refractivity contribution < 1.29 is 22.3 Å². The van der Waals surface area contributed by atoms with E-state index in [0.29, 0.717) is 6.42 Å². The maximum Gasteiger partial charge on any atom is 0.330 e. The fourth-order valence-corrected chi connectivity index (χ4v) is 0.902. The smallest absolute Gasteiger partial charge is 0.330 e. The number of alkyl halides is 4. The van der Waals surface area contributed by atoms with Gasteiger partial charge in [-0.05, 0) is 6.42 Å². The Morgan fingerprint density at radius 2 is 1.79 bits per heavy atom. The van der Waals surface area contributed by atoms with Crippen molar-refractivity contribution >= 4 is 0 Å². The fraction of sp³-hybridized carbons (Fsp3) is 1.00. The van der Waals surface area contributed by atoms with Crippen LogP contribution in [0.3, 0.4) is 0 Å². The van der Waals surface area contributed by atoms with Crippen molar-refractivity contribution in [3.8, 4) is 0 Å². The summed E-state index contributed by atoms with van der Waals surface area (Å²) in [6.07, 6.45) is -0.0655. The molecule has 0 aromatic rings. The highest BCUT2D eigenvalue weighted by atomic mass is 19.3. The summed E-state index contributed by atoms with van der Waals surface area (Å²) in [6, 6.07) is 0. The summed E-state index contributed by atoms with van der Waals surface area (Å²) in [5, 5.41) is 0. The SMILES string of the molecule is CCCCCCOCC(F)(F)C(F)F. The van der Waals surface area contributed by atoms with Crippen LogP contribution in [0.15, 0.2) is 0 Å². The molecule has 5 heteroatoms. The number of hydrogen-bond donors (Lipinski definition) is 0. The highest BCUT2D eigenvalue weighted by molar-refractivity contribution is 4.67. The van der Waals surface area contributed by atoms with Crippen LogP contribution in [0, 0.1) is 0 Å². The molecule has 0 bridgehead atoms. The first-order valence-corrected chi connectivity index (χ1v) is 4.74. The molecule has 0 saturated heterocycles. The molecule has 0 saturated carbocycles. The van der Waals surface area contributed by atoms with Crippen LogP contribution in [0.2, 0.25) is 0 Å². The first-order valence-electron chi connectivity index (χ1n) is 4.74. The van der Waals surface area contributed by atoms with E-state index >= 15 is 0 Å². The molecule has 0 aliphatic heterocycles. The van der Waals surface area contributed by atoms with Crippen molar-refractivity contribution in [3.05, 3.63) is 0 Å². The van der Waals surface area contributed by atoms with E-state index in [1.807, 2.05) is 6.92 Å². The van der Waals surface area contributed by atoms with Gasteiger partial charge in [-0.25, -0.2) is 8.78 Å². The molecule has 0 aliphatic carbocycles. The van der Waals surface area contributed by atoms with Gasteiger partial charge < -0.3 is 4.74 Å². The van der Waals surface area contributed by atoms with Crippen LogP contribution in [-0.2, 0) is 4.74 Å². The third kappa shape index (κ3) is 6.18. The van der Waals surface area contributed by atoms with Crippen molar-refractivity contribution in [2.24, 2.45) is 0 Å². The van der Waals surface area contributed by atoms with Gasteiger partial charge in [0.25, 0.3) is 0 Å². The molecule has 0 amide bonds. The van der Waals surface area contributed by atoms with Gasteiger partial charge in [0, 0.05) is 6.61 Å². The van der Waals surface area contributed by atoms with E-state index in [4.69, 9.17) is 0 Å². The lowest BCUT2D eigenvalue weighted by molar-refractivity contribution is -0.165. The Balaban J connectivity index is 3.35. The van der Waals surface area contributed by atoms with Crippen LogP contribution < -0.4 is 0 Å². The van der Waals surface area contributed by atoms with E-state index in [-0.39, 0.29) is 6.61 Å². The minimum atomic E-state index is -4.01. The Morgan fingerprint density at radius 3 is 2.29 bits per heavy atom. The molecule has 0 fully saturated rings. The molecular formula is C9H16F4O. The summed E-state index contributed by atoms with van der Waals surface area (Å²) in [7, 11) is 0. The van der Waals surface area contributed by atoms with E-state index in [0.717, 1.165) is 19.3 Å². The fourth-order valence-electron chi connectivity index (χ4n) is 0.902. The Kier molecular flexibility index (Phi) is 6.87. The summed E-state index contributed by atoms with van der Waals surface area (Å²) < 4.78 is 52.2. The first kappa shape index (κ1) is 13.7. The van der Waals surface area contributed by atoms with Crippen LogP contribution in [0.25, 0.3) is 0 Å². The number of hydrogen-bond acceptors (Lipinski definition) is 1. The highest BCUT2D eigenvalue weighted by Gasteiger charge is 2.40. The van der Waals surface area contributed by atoms with Crippen LogP contribution in [0.4, 0.5) is 17.6 Å². The van der Waals surface area contributed by atoms with Crippen molar-refractivity contribution in [1.82, 2.24) is 0 Å². The Labute approximate surface area is 81.4 Å². The molecule has 0 N–H and O–H groups in total. The second-order valence-electron chi connectivity index (χ2n) is 3.17. The maximum atomic E-state index is 12.2. The van der Waals surface area contributed by atoms with Crippen molar-refractivity contribution in [3.63, 3.8) is 0 Å². The third-order valence-corrected chi connectivity index (χ3v) is 1.76. The zero-order valence-corrected chi connectivity index (χ0v) is 8.24. The molecule has 1 nitrogen and oxygen atoms in total. The topological polar surface area (TPSA) is 9.23 Å². The minimum Gasteiger partial charge on any atom is -0.375 e. The summed E-state index contributed by atoms with van der Waals surface area (Å²) in [6.45, 7) is 0.963. The average molecular weight is 216 g/mol. The molecule has 0 aromatic carbocycles. The molecular weight excluding hydrogens is 200 g/mol. The lowest BCUT2D eigenvalue weighted by Crippen LogP contribution is -2.32. The van der Waals surface area contributed by atoms with Gasteiger partial charge in [0.1, 0.15) is 6.61 Å². The van der Waals surface area contributed by atoms with Gasteiger partial charge in [0.05, 0.1) is 0 Å². The van der Waals surface area contributed by atoms with Gasteiger partial charge in [-0.3, -0.25) is 0 Å². The lowest BCUT2D eigenvalue weighted by Gasteiger charge is -2.14. The predicted molar refractivity (Wildman–Crippen MR) is 45.9 cm³/mol. The maximum absolute atomic E-state index is 12.2. The Hall–Kier alpha value is -0.320. The lowest BCUT2D eigenvalue weighted by atomic mass is 10.2. The van der Waals surface area contributed by atoms with Crippen LogP contribution in [-0.4, -0.2) is 25.6 Å². The molecule has 0 rings (SSSR count). The zero-order chi connectivity index (χ0) is 11.0. The van der Waals surface area contributed by atoms with E-state index in [2.05, 4.69) is 4.74 Å². The summed E-state index contributed by atoms with van der Waals surface area (Å²) in [5.74, 6) is -4.01. The van der Waals surface area contributed by atoms with Gasteiger partial charge in [-0.2, -0.15) is 8.78 Å². The molecule has 14 heavy (non-hydrogen) atoms. The van der Waals surface area contributed by atoms with Crippen LogP contribution in [0.5, 0.6) is 0 Å². The highest BCUT2D eigenvalue weighted by Crippen LogP contribution is 2.22. The molecule has 0 unspecified atom stereocenters. The van der Waals surface area contributed by atoms with E-state index < -0.39 is 19.0 Å². The number of rotatable bonds is 8. The summed E-state index contributed by atoms with van der Waals surface area (Å²) >= 11 is 0. The summed E-state index contributed by atoms with van der Waals surface area (Å²) in [4.78, 5) is 0. The second-order valence-corrected chi connectivity index (χ2v) is 3.17. The predicted octanol–water partition coefficient (Wildman–Crippen LogP) is 3.48. The largest absolute Gasteiger partial charge is 0.375 e. The molecule has 0 aliphatic rings. The van der Waals surface area contributed by atoms with Gasteiger partial charge in [-0.1, -0.05) is 26.2 Å². The number of halogens is 4. The quantitative estimate of drug-likeness (QED) is 0.446. The van der Waals surface area contributed by atoms with Crippen LogP contribution in [0.1, 0.15) is 32.6 Å². The van der Waals surface area contributed by atoms with E-state index in [9.17, 15) is 17.6 Å². The number of unbranched alkanes of at least 4 members (excludes halogenated alkanes) is 3. The summed E-state index contributed by atoms with van der Waals surface area (Å²) in [5.41, 5.74) is 0. The zero-order valence-electron chi connectivity index (χ0n) is 8.24. The van der Waals surface area contributed by atoms with Gasteiger partial charge in [0.15, 0.2) is 0 Å². The van der Waals surface area contributed by atoms with E-state index in [1.54, 1.807) is 0 Å². The minimum absolute atomic E-state index is 0.127. The first-order chi connectivity index (χ1) is 6.50. The Bertz CT molecular complexity index is 139. The molecule has 0 radical (unpaired) electrons. The van der Waals surface area contributed by atoms with Crippen molar-refractivity contribution in [2.75, 3.05) is 13.2 Å². The Morgan fingerprint density at radius 1 is 1.14 bits per heavy atom. The van der Waals surface area contributed by atoms with Crippen molar-refractivity contribution in [2.45, 2.75) is 45.0 Å². The molecule has 0 atom stereocenters. The average Bonchev–Trinajstić information content (AvgIpc) is 2.10. The van der Waals surface area contributed by atoms with Gasteiger partial charge >= 0.3 is 12.3 Å². The van der Waals surface area contributed by atoms with Gasteiger partial charge in [-0.15, -0.1) is 0 Å². The van der Waals surface area contributed by atoms with Gasteiger partial charge in [0.2, 0.25) is 0 Å². The molecule has 86 valence electrons. The number of ether oxygens (including phenoxy) is 1. The van der Waals surface area contributed by atoms with E-state index in [1.165, 1.54) is 0 Å². The normalized spacial score (nSPS) is 12.4. The standard InChI is InChI=1S/C9H16F4O/c1-2-3-4-5-6-14-7-9(12,13)8(10)11/h8H,2-7H2,1H3. The second kappa shape index (κ2) is 7.04. The van der Waals surface area contributed by atoms with Crippen LogP contribution >= 0.6 is 0 Å².